The number of amides is 1. The van der Waals surface area contributed by atoms with Gasteiger partial charge in [0.05, 0.1) is 0 Å². The summed E-state index contributed by atoms with van der Waals surface area (Å²) in [5.41, 5.74) is 1.28. The maximum atomic E-state index is 11.8. The average Bonchev–Trinajstić information content (AvgIpc) is 2.83. The van der Waals surface area contributed by atoms with E-state index >= 15 is 0 Å². The molecule has 0 aliphatic heterocycles. The number of rotatable bonds is 4. The summed E-state index contributed by atoms with van der Waals surface area (Å²) in [5, 5.41) is 13.2. The van der Waals surface area contributed by atoms with E-state index < -0.39 is 6.10 Å². The van der Waals surface area contributed by atoms with E-state index in [2.05, 4.69) is 5.32 Å². The van der Waals surface area contributed by atoms with Crippen LogP contribution in [0.5, 0.6) is 0 Å². The van der Waals surface area contributed by atoms with Crippen molar-refractivity contribution in [2.24, 2.45) is 7.05 Å². The maximum Gasteiger partial charge on any atom is 0.251 e. The highest BCUT2D eigenvalue weighted by atomic mass is 35.5. The zero-order valence-electron chi connectivity index (χ0n) is 10.5. The number of hydrogen-bond acceptors (Lipinski definition) is 2. The van der Waals surface area contributed by atoms with Crippen molar-refractivity contribution in [2.75, 3.05) is 6.54 Å². The highest BCUT2D eigenvalue weighted by Crippen LogP contribution is 2.12. The fraction of sp³-hybridized carbons (Fsp3) is 0.214. The molecule has 2 aromatic rings. The van der Waals surface area contributed by atoms with Crippen molar-refractivity contribution in [3.05, 3.63) is 58.9 Å². The number of nitrogens with zero attached hydrogens (tertiary/aromatic N) is 1. The van der Waals surface area contributed by atoms with Crippen LogP contribution in [0.1, 0.15) is 22.2 Å². The monoisotopic (exact) mass is 278 g/mol. The van der Waals surface area contributed by atoms with E-state index in [1.54, 1.807) is 24.3 Å². The third-order valence-corrected chi connectivity index (χ3v) is 3.14. The van der Waals surface area contributed by atoms with E-state index in [0.717, 1.165) is 5.69 Å². The molecule has 0 bridgehead atoms. The number of nitrogens with one attached hydrogen (secondary N) is 1. The minimum absolute atomic E-state index is 0.166. The van der Waals surface area contributed by atoms with Gasteiger partial charge in [0, 0.05) is 36.1 Å². The Labute approximate surface area is 116 Å². The molecule has 1 aromatic heterocycles. The molecule has 0 radical (unpaired) electrons. The molecule has 1 aromatic carbocycles. The standard InChI is InChI=1S/C14H15ClN2O2/c1-17-8-2-3-12(17)13(18)9-16-14(19)10-4-6-11(15)7-5-10/h2-8,13,18H,9H2,1H3,(H,16,19). The van der Waals surface area contributed by atoms with Gasteiger partial charge >= 0.3 is 0 Å². The summed E-state index contributed by atoms with van der Waals surface area (Å²) in [6, 6.07) is 10.3. The highest BCUT2D eigenvalue weighted by molar-refractivity contribution is 6.30. The van der Waals surface area contributed by atoms with Crippen molar-refractivity contribution in [3.8, 4) is 0 Å². The Kier molecular flexibility index (Phi) is 4.24. The SMILES string of the molecule is Cn1cccc1C(O)CNC(=O)c1ccc(Cl)cc1. The number of aromatic nitrogens is 1. The van der Waals surface area contributed by atoms with Gasteiger partial charge in [-0.05, 0) is 36.4 Å². The van der Waals surface area contributed by atoms with Gasteiger partial charge in [-0.15, -0.1) is 0 Å². The summed E-state index contributed by atoms with van der Waals surface area (Å²) in [7, 11) is 1.85. The Bertz CT molecular complexity index is 563. The van der Waals surface area contributed by atoms with Gasteiger partial charge in [-0.2, -0.15) is 0 Å². The minimum Gasteiger partial charge on any atom is -0.385 e. The first-order chi connectivity index (χ1) is 9.08. The number of hydrogen-bond donors (Lipinski definition) is 2. The van der Waals surface area contributed by atoms with Gasteiger partial charge in [0.15, 0.2) is 0 Å². The van der Waals surface area contributed by atoms with Gasteiger partial charge < -0.3 is 15.0 Å². The topological polar surface area (TPSA) is 54.3 Å². The lowest BCUT2D eigenvalue weighted by Gasteiger charge is -2.13. The lowest BCUT2D eigenvalue weighted by Crippen LogP contribution is -2.28. The Hall–Kier alpha value is -1.78. The lowest BCUT2D eigenvalue weighted by molar-refractivity contribution is 0.0912. The molecule has 0 aliphatic carbocycles. The first-order valence-corrected chi connectivity index (χ1v) is 6.29. The smallest absolute Gasteiger partial charge is 0.251 e. The molecule has 0 aliphatic rings. The Morgan fingerprint density at radius 1 is 1.37 bits per heavy atom. The highest BCUT2D eigenvalue weighted by Gasteiger charge is 2.12. The number of halogens is 1. The Morgan fingerprint density at radius 2 is 2.05 bits per heavy atom. The fourth-order valence-electron chi connectivity index (χ4n) is 1.82. The molecule has 1 atom stereocenters. The summed E-state index contributed by atoms with van der Waals surface area (Å²) in [4.78, 5) is 11.8. The maximum absolute atomic E-state index is 11.8. The van der Waals surface area contributed by atoms with Crippen LogP contribution in [0, 0.1) is 0 Å². The Morgan fingerprint density at radius 3 is 2.63 bits per heavy atom. The minimum atomic E-state index is -0.726. The molecule has 0 saturated heterocycles. The molecule has 2 rings (SSSR count). The third kappa shape index (κ3) is 3.36. The largest absolute Gasteiger partial charge is 0.385 e. The van der Waals surface area contributed by atoms with E-state index in [0.29, 0.717) is 10.6 Å². The zero-order valence-corrected chi connectivity index (χ0v) is 11.3. The molecular formula is C14H15ClN2O2. The molecule has 0 spiro atoms. The summed E-state index contributed by atoms with van der Waals surface area (Å²) in [6.45, 7) is 0.166. The molecule has 4 nitrogen and oxygen atoms in total. The van der Waals surface area contributed by atoms with Gasteiger partial charge in [-0.3, -0.25) is 4.79 Å². The van der Waals surface area contributed by atoms with Crippen molar-refractivity contribution >= 4 is 17.5 Å². The van der Waals surface area contributed by atoms with E-state index in [-0.39, 0.29) is 12.5 Å². The van der Waals surface area contributed by atoms with E-state index in [4.69, 9.17) is 11.6 Å². The molecule has 1 amide bonds. The normalized spacial score (nSPS) is 12.2. The van der Waals surface area contributed by atoms with Crippen LogP contribution < -0.4 is 5.32 Å². The van der Waals surface area contributed by atoms with Crippen molar-refractivity contribution in [1.29, 1.82) is 0 Å². The fourth-order valence-corrected chi connectivity index (χ4v) is 1.94. The Balaban J connectivity index is 1.94. The van der Waals surface area contributed by atoms with Crippen molar-refractivity contribution < 1.29 is 9.90 Å². The van der Waals surface area contributed by atoms with Crippen LogP contribution in [0.4, 0.5) is 0 Å². The van der Waals surface area contributed by atoms with Gasteiger partial charge in [-0.1, -0.05) is 11.6 Å². The van der Waals surface area contributed by atoms with Crippen LogP contribution in [0.3, 0.4) is 0 Å². The number of benzene rings is 1. The number of aliphatic hydroxyl groups is 1. The van der Waals surface area contributed by atoms with Crippen LogP contribution >= 0.6 is 11.6 Å². The predicted molar refractivity (Wildman–Crippen MR) is 74.2 cm³/mol. The molecule has 100 valence electrons. The molecule has 1 unspecified atom stereocenters. The molecule has 5 heteroatoms. The van der Waals surface area contributed by atoms with Crippen LogP contribution in [-0.4, -0.2) is 22.1 Å². The van der Waals surface area contributed by atoms with Crippen LogP contribution in [-0.2, 0) is 7.05 Å². The van der Waals surface area contributed by atoms with Crippen molar-refractivity contribution in [2.45, 2.75) is 6.10 Å². The van der Waals surface area contributed by atoms with E-state index in [9.17, 15) is 9.90 Å². The number of aliphatic hydroxyl groups excluding tert-OH is 1. The van der Waals surface area contributed by atoms with Gasteiger partial charge in [0.25, 0.3) is 5.91 Å². The lowest BCUT2D eigenvalue weighted by atomic mass is 10.2. The predicted octanol–water partition coefficient (Wildman–Crippen LogP) is 2.14. The second kappa shape index (κ2) is 5.91. The molecule has 0 fully saturated rings. The van der Waals surface area contributed by atoms with Crippen molar-refractivity contribution in [3.63, 3.8) is 0 Å². The molecule has 19 heavy (non-hydrogen) atoms. The first kappa shape index (κ1) is 13.6. The quantitative estimate of drug-likeness (QED) is 0.900. The summed E-state index contributed by atoms with van der Waals surface area (Å²) >= 11 is 5.75. The van der Waals surface area contributed by atoms with Crippen LogP contribution in [0.2, 0.25) is 5.02 Å². The van der Waals surface area contributed by atoms with Gasteiger partial charge in [0.1, 0.15) is 6.10 Å². The second-order valence-corrected chi connectivity index (χ2v) is 4.71. The number of aryl methyl sites for hydroxylation is 1. The van der Waals surface area contributed by atoms with E-state index in [1.807, 2.05) is 29.9 Å². The number of carbonyl (C=O) groups is 1. The first-order valence-electron chi connectivity index (χ1n) is 5.91. The third-order valence-electron chi connectivity index (χ3n) is 2.89. The summed E-state index contributed by atoms with van der Waals surface area (Å²) in [5.74, 6) is -0.232. The van der Waals surface area contributed by atoms with Crippen LogP contribution in [0.25, 0.3) is 0 Å². The van der Waals surface area contributed by atoms with Gasteiger partial charge in [-0.25, -0.2) is 0 Å². The molecule has 2 N–H and O–H groups in total. The molecule has 0 saturated carbocycles. The van der Waals surface area contributed by atoms with Gasteiger partial charge in [0.2, 0.25) is 0 Å². The molecular weight excluding hydrogens is 264 g/mol. The zero-order chi connectivity index (χ0) is 13.8. The average molecular weight is 279 g/mol. The number of carbonyl (C=O) groups excluding carboxylic acids is 1. The van der Waals surface area contributed by atoms with Crippen LogP contribution in [0.15, 0.2) is 42.6 Å². The van der Waals surface area contributed by atoms with E-state index in [1.165, 1.54) is 0 Å². The molecule has 1 heterocycles. The summed E-state index contributed by atoms with van der Waals surface area (Å²) < 4.78 is 1.82. The summed E-state index contributed by atoms with van der Waals surface area (Å²) in [6.07, 6.45) is 1.12. The second-order valence-electron chi connectivity index (χ2n) is 4.28. The van der Waals surface area contributed by atoms with Crippen molar-refractivity contribution in [1.82, 2.24) is 9.88 Å².